The summed E-state index contributed by atoms with van der Waals surface area (Å²) in [5, 5.41) is 32.7. The monoisotopic (exact) mass is 531 g/mol. The molecule has 0 bridgehead atoms. The van der Waals surface area contributed by atoms with Gasteiger partial charge in [-0.05, 0) is 80.3 Å². The first-order valence-electron chi connectivity index (χ1n) is 13.7. The van der Waals surface area contributed by atoms with Crippen molar-refractivity contribution in [2.75, 3.05) is 0 Å². The fourth-order valence-electron chi connectivity index (χ4n) is 8.88. The minimum absolute atomic E-state index is 0.0659. The molecule has 0 aromatic heterocycles. The molecular weight excluding hydrogens is 486 g/mol. The molecule has 0 aromatic rings. The molecule has 0 aliphatic heterocycles. The van der Waals surface area contributed by atoms with Crippen molar-refractivity contribution in [3.63, 3.8) is 0 Å². The van der Waals surface area contributed by atoms with Gasteiger partial charge in [-0.25, -0.2) is 4.79 Å². The molecule has 9 nitrogen and oxygen atoms in total. The van der Waals surface area contributed by atoms with Gasteiger partial charge in [0.2, 0.25) is 0 Å². The van der Waals surface area contributed by atoms with Gasteiger partial charge in [-0.2, -0.15) is 0 Å². The van der Waals surface area contributed by atoms with Crippen molar-refractivity contribution in [3.8, 4) is 0 Å². The number of esters is 1. The van der Waals surface area contributed by atoms with Crippen molar-refractivity contribution < 1.29 is 29.6 Å². The zero-order valence-electron chi connectivity index (χ0n) is 23.2. The summed E-state index contributed by atoms with van der Waals surface area (Å²) >= 11 is 0. The number of hydrogen-bond donors (Lipinski definition) is 6. The lowest BCUT2D eigenvalue weighted by Gasteiger charge is -2.69. The summed E-state index contributed by atoms with van der Waals surface area (Å²) < 4.78 is 5.76. The van der Waals surface area contributed by atoms with Gasteiger partial charge in [-0.1, -0.05) is 31.6 Å². The van der Waals surface area contributed by atoms with E-state index in [1.54, 1.807) is 12.2 Å². The topological polar surface area (TPSA) is 182 Å². The van der Waals surface area contributed by atoms with E-state index >= 15 is 0 Å². The number of rotatable bonds is 4. The van der Waals surface area contributed by atoms with Crippen LogP contribution in [0.25, 0.3) is 0 Å². The normalized spacial score (nSPS) is 47.5. The summed E-state index contributed by atoms with van der Waals surface area (Å²) in [7, 11) is 0. The van der Waals surface area contributed by atoms with E-state index in [1.807, 2.05) is 33.8 Å². The Balaban J connectivity index is 1.88. The van der Waals surface area contributed by atoms with E-state index in [4.69, 9.17) is 21.9 Å². The molecule has 0 amide bonds. The molecule has 0 saturated heterocycles. The maximum absolute atomic E-state index is 12.5. The van der Waals surface area contributed by atoms with Gasteiger partial charge in [0.1, 0.15) is 6.10 Å². The smallest absolute Gasteiger partial charge is 0.335 e. The second-order valence-corrected chi connectivity index (χ2v) is 12.9. The molecule has 4 rings (SSSR count). The van der Waals surface area contributed by atoms with Crippen LogP contribution in [-0.2, 0) is 14.3 Å². The number of ether oxygens (including phenoxy) is 1. The van der Waals surface area contributed by atoms with Crippen LogP contribution < -0.4 is 17.2 Å². The largest absolute Gasteiger partial charge is 0.478 e. The highest BCUT2D eigenvalue weighted by atomic mass is 16.5. The Morgan fingerprint density at radius 1 is 1.08 bits per heavy atom. The fourth-order valence-corrected chi connectivity index (χ4v) is 8.88. The van der Waals surface area contributed by atoms with Crippen molar-refractivity contribution in [1.82, 2.24) is 0 Å². The number of aliphatic hydroxyl groups is 2. The zero-order valence-corrected chi connectivity index (χ0v) is 23.2. The van der Waals surface area contributed by atoms with Crippen LogP contribution in [0.5, 0.6) is 0 Å². The molecule has 9 heteroatoms. The number of carbonyl (C=O) groups is 2. The molecule has 11 atom stereocenters. The van der Waals surface area contributed by atoms with Crippen LogP contribution in [0.1, 0.15) is 66.7 Å². The molecule has 9 N–H and O–H groups in total. The lowest BCUT2D eigenvalue weighted by atomic mass is 9.38. The van der Waals surface area contributed by atoms with Gasteiger partial charge in [0.15, 0.2) is 0 Å². The number of carbonyl (C=O) groups excluding carboxylic acids is 1. The summed E-state index contributed by atoms with van der Waals surface area (Å²) in [6.07, 6.45) is 4.81. The molecule has 4 saturated carbocycles. The number of aliphatic carboxylic acids is 1. The molecule has 0 radical (unpaired) electrons. The summed E-state index contributed by atoms with van der Waals surface area (Å²) in [4.78, 5) is 24.7. The number of carboxylic acid groups (broad SMARTS) is 1. The highest BCUT2D eigenvalue weighted by Gasteiger charge is 2.72. The first-order chi connectivity index (χ1) is 17.6. The van der Waals surface area contributed by atoms with E-state index < -0.39 is 70.5 Å². The van der Waals surface area contributed by atoms with Crippen molar-refractivity contribution >= 4 is 11.9 Å². The lowest BCUT2D eigenvalue weighted by molar-refractivity contribution is -0.199. The Kier molecular flexibility index (Phi) is 7.51. The van der Waals surface area contributed by atoms with Crippen LogP contribution in [0.15, 0.2) is 34.9 Å². The summed E-state index contributed by atoms with van der Waals surface area (Å²) in [5.74, 6) is -2.56. The Morgan fingerprint density at radius 2 is 1.74 bits per heavy atom. The maximum Gasteiger partial charge on any atom is 0.335 e. The Labute approximate surface area is 225 Å². The zero-order chi connectivity index (χ0) is 28.4. The van der Waals surface area contributed by atoms with E-state index in [0.717, 1.165) is 5.57 Å². The number of hydrogen-bond acceptors (Lipinski definition) is 8. The van der Waals surface area contributed by atoms with Gasteiger partial charge < -0.3 is 37.3 Å². The molecule has 0 spiro atoms. The Hall–Kier alpha value is -2.04. The molecule has 0 aromatic carbocycles. The Morgan fingerprint density at radius 3 is 2.32 bits per heavy atom. The maximum atomic E-state index is 12.5. The molecule has 4 fully saturated rings. The van der Waals surface area contributed by atoms with Gasteiger partial charge in [0.25, 0.3) is 0 Å². The molecular formula is C29H45N3O6. The molecule has 0 heterocycles. The van der Waals surface area contributed by atoms with Gasteiger partial charge in [0.05, 0.1) is 17.8 Å². The minimum Gasteiger partial charge on any atom is -0.478 e. The SMILES string of the molecule is CC(=O)O[C@H]1C[C@@]2(C)[C@@H](C[C@@H](O)[C@H]3[C@@]4(C)[C@H](N)C[C@@H](O)[C@@H](N)[C@@H]4CC[C@@]32N)/C1=C(\C=C/C=C(C)C)C(=O)O. The third-order valence-corrected chi connectivity index (χ3v) is 10.7. The van der Waals surface area contributed by atoms with Crippen molar-refractivity contribution in [1.29, 1.82) is 0 Å². The van der Waals surface area contributed by atoms with Gasteiger partial charge in [-0.3, -0.25) is 4.79 Å². The summed E-state index contributed by atoms with van der Waals surface area (Å²) in [5.41, 5.74) is 20.0. The predicted octanol–water partition coefficient (Wildman–Crippen LogP) is 1.76. The first kappa shape index (κ1) is 29.0. The second-order valence-electron chi connectivity index (χ2n) is 12.9. The van der Waals surface area contributed by atoms with Crippen molar-refractivity contribution in [3.05, 3.63) is 34.9 Å². The molecule has 4 aliphatic rings. The highest BCUT2D eigenvalue weighted by molar-refractivity contribution is 5.91. The quantitative estimate of drug-likeness (QED) is 0.179. The molecule has 212 valence electrons. The lowest BCUT2D eigenvalue weighted by Crippen LogP contribution is -2.78. The average molecular weight is 532 g/mol. The standard InChI is InChI=1S/C29H45N3O6/c1-14(2)7-6-8-16(26(36)37)23-18-11-20(35)25-28(5)17(24(31)19(34)12-22(28)30)9-10-29(25,32)27(18,4)13-21(23)38-15(3)33/h6-8,17-22,24-25,34-35H,9-13,30-32H2,1-5H3,(H,36,37)/b8-6-,23-16-/t17-,18-,19+,20+,21-,22+,24-,25-,27-,28+,29+/m0/s1. The molecule has 4 aliphatic carbocycles. The first-order valence-corrected chi connectivity index (χ1v) is 13.7. The predicted molar refractivity (Wildman–Crippen MR) is 143 cm³/mol. The van der Waals surface area contributed by atoms with Crippen LogP contribution in [0.2, 0.25) is 0 Å². The number of fused-ring (bicyclic) bond motifs is 5. The van der Waals surface area contributed by atoms with E-state index in [9.17, 15) is 24.9 Å². The highest BCUT2D eigenvalue weighted by Crippen LogP contribution is 2.69. The van der Waals surface area contributed by atoms with E-state index in [0.29, 0.717) is 31.3 Å². The third-order valence-electron chi connectivity index (χ3n) is 10.7. The summed E-state index contributed by atoms with van der Waals surface area (Å²) in [6, 6.07) is -0.874. The minimum atomic E-state index is -1.12. The third kappa shape index (κ3) is 4.18. The number of carboxylic acids is 1. The van der Waals surface area contributed by atoms with Crippen LogP contribution in [0, 0.1) is 28.6 Å². The van der Waals surface area contributed by atoms with Crippen LogP contribution >= 0.6 is 0 Å². The number of nitrogens with two attached hydrogens (primary N) is 3. The van der Waals surface area contributed by atoms with Crippen LogP contribution in [0.3, 0.4) is 0 Å². The van der Waals surface area contributed by atoms with Gasteiger partial charge in [0, 0.05) is 30.5 Å². The van der Waals surface area contributed by atoms with E-state index in [2.05, 4.69) is 0 Å². The van der Waals surface area contributed by atoms with E-state index in [-0.39, 0.29) is 17.9 Å². The van der Waals surface area contributed by atoms with Gasteiger partial charge in [-0.15, -0.1) is 0 Å². The second kappa shape index (κ2) is 9.86. The summed E-state index contributed by atoms with van der Waals surface area (Å²) in [6.45, 7) is 9.25. The van der Waals surface area contributed by atoms with Crippen LogP contribution in [0.4, 0.5) is 0 Å². The molecule has 38 heavy (non-hydrogen) atoms. The van der Waals surface area contributed by atoms with E-state index in [1.165, 1.54) is 6.92 Å². The van der Waals surface area contributed by atoms with Crippen molar-refractivity contribution in [2.45, 2.75) is 103 Å². The number of aliphatic hydroxyl groups excluding tert-OH is 2. The fraction of sp³-hybridized carbons (Fsp3) is 0.724. The Bertz CT molecular complexity index is 1080. The average Bonchev–Trinajstić information content (AvgIpc) is 3.06. The number of allylic oxidation sites excluding steroid dienone is 3. The van der Waals surface area contributed by atoms with Crippen molar-refractivity contribution in [2.24, 2.45) is 45.8 Å². The van der Waals surface area contributed by atoms with Crippen LogP contribution in [-0.4, -0.2) is 63.2 Å². The van der Waals surface area contributed by atoms with Gasteiger partial charge >= 0.3 is 11.9 Å². The molecule has 0 unspecified atom stereocenters.